The van der Waals surface area contributed by atoms with Crippen molar-refractivity contribution in [1.29, 1.82) is 0 Å². The van der Waals surface area contributed by atoms with Crippen molar-refractivity contribution in [1.82, 2.24) is 0 Å². The van der Waals surface area contributed by atoms with Crippen molar-refractivity contribution < 1.29 is 4.79 Å². The highest BCUT2D eigenvalue weighted by molar-refractivity contribution is 6.09. The molecule has 1 aliphatic heterocycles. The molecular weight excluding hydrogens is 318 g/mol. The van der Waals surface area contributed by atoms with Crippen LogP contribution in [0.2, 0.25) is 0 Å². The molecule has 0 saturated heterocycles. The first-order valence-electron chi connectivity index (χ1n) is 8.99. The highest BCUT2D eigenvalue weighted by Gasteiger charge is 2.43. The van der Waals surface area contributed by atoms with E-state index < -0.39 is 5.41 Å². The lowest BCUT2D eigenvalue weighted by atomic mass is 9.73. The van der Waals surface area contributed by atoms with Crippen LogP contribution in [0.1, 0.15) is 29.2 Å². The Morgan fingerprint density at radius 2 is 1.46 bits per heavy atom. The fraction of sp³-hybridized carbons (Fsp3) is 0.208. The standard InChI is InChI=1S/C24H23NO/c1-16-9-12-18(13-10-16)24(3)21-14-11-17(2)15-20(21)19-7-5-6-8-22(19)25(4)23(24)26/h5-15H,1-4H3/t24-/m0/s1. The zero-order chi connectivity index (χ0) is 18.5. The van der Waals surface area contributed by atoms with Gasteiger partial charge in [-0.2, -0.15) is 0 Å². The van der Waals surface area contributed by atoms with Crippen molar-refractivity contribution in [2.45, 2.75) is 26.2 Å². The largest absolute Gasteiger partial charge is 0.314 e. The van der Waals surface area contributed by atoms with Crippen molar-refractivity contribution in [3.63, 3.8) is 0 Å². The van der Waals surface area contributed by atoms with Gasteiger partial charge in [0, 0.05) is 12.6 Å². The molecule has 0 spiro atoms. The van der Waals surface area contributed by atoms with E-state index in [4.69, 9.17) is 0 Å². The van der Waals surface area contributed by atoms with E-state index >= 15 is 0 Å². The molecule has 4 rings (SSSR count). The lowest BCUT2D eigenvalue weighted by Gasteiger charge is -2.32. The summed E-state index contributed by atoms with van der Waals surface area (Å²) in [7, 11) is 1.88. The van der Waals surface area contributed by atoms with Gasteiger partial charge in [-0.15, -0.1) is 0 Å². The Balaban J connectivity index is 2.09. The van der Waals surface area contributed by atoms with Gasteiger partial charge in [-0.1, -0.05) is 71.8 Å². The lowest BCUT2D eigenvalue weighted by Crippen LogP contribution is -2.43. The normalized spacial score (nSPS) is 18.9. The molecule has 3 aromatic carbocycles. The molecule has 0 bridgehead atoms. The summed E-state index contributed by atoms with van der Waals surface area (Å²) in [6, 6.07) is 22.9. The molecule has 1 amide bonds. The summed E-state index contributed by atoms with van der Waals surface area (Å²) in [5, 5.41) is 0. The Kier molecular flexibility index (Phi) is 3.73. The first-order chi connectivity index (χ1) is 12.4. The van der Waals surface area contributed by atoms with Crippen molar-refractivity contribution in [2.24, 2.45) is 0 Å². The van der Waals surface area contributed by atoms with E-state index in [1.807, 2.05) is 30.1 Å². The summed E-state index contributed by atoms with van der Waals surface area (Å²) in [6.45, 7) is 6.22. The van der Waals surface area contributed by atoms with Gasteiger partial charge in [-0.25, -0.2) is 0 Å². The van der Waals surface area contributed by atoms with Gasteiger partial charge in [0.2, 0.25) is 5.91 Å². The monoisotopic (exact) mass is 341 g/mol. The van der Waals surface area contributed by atoms with Crippen molar-refractivity contribution >= 4 is 11.6 Å². The van der Waals surface area contributed by atoms with Crippen LogP contribution in [-0.4, -0.2) is 13.0 Å². The second kappa shape index (κ2) is 5.84. The van der Waals surface area contributed by atoms with E-state index in [-0.39, 0.29) is 5.91 Å². The Bertz CT molecular complexity index is 1000. The summed E-state index contributed by atoms with van der Waals surface area (Å²) in [4.78, 5) is 15.5. The lowest BCUT2D eigenvalue weighted by molar-refractivity contribution is -0.121. The molecule has 2 nitrogen and oxygen atoms in total. The number of rotatable bonds is 1. The van der Waals surface area contributed by atoms with E-state index in [0.29, 0.717) is 0 Å². The minimum absolute atomic E-state index is 0.0939. The molecule has 3 aromatic rings. The Hall–Kier alpha value is -2.87. The van der Waals surface area contributed by atoms with Gasteiger partial charge >= 0.3 is 0 Å². The van der Waals surface area contributed by atoms with Gasteiger partial charge in [-0.05, 0) is 43.5 Å². The molecule has 26 heavy (non-hydrogen) atoms. The fourth-order valence-corrected chi connectivity index (χ4v) is 4.04. The van der Waals surface area contributed by atoms with Crippen molar-refractivity contribution in [2.75, 3.05) is 11.9 Å². The maximum absolute atomic E-state index is 13.7. The smallest absolute Gasteiger partial charge is 0.241 e. The summed E-state index contributed by atoms with van der Waals surface area (Å²) in [5.74, 6) is 0.0939. The maximum Gasteiger partial charge on any atom is 0.241 e. The number of amides is 1. The number of anilines is 1. The molecular formula is C24H23NO. The third-order valence-corrected chi connectivity index (χ3v) is 5.63. The second-order valence-electron chi connectivity index (χ2n) is 7.42. The minimum atomic E-state index is -0.732. The van der Waals surface area contributed by atoms with Crippen molar-refractivity contribution in [3.8, 4) is 11.1 Å². The third kappa shape index (κ3) is 2.29. The average Bonchev–Trinajstić information content (AvgIpc) is 2.72. The number of carbonyl (C=O) groups excluding carboxylic acids is 1. The third-order valence-electron chi connectivity index (χ3n) is 5.63. The maximum atomic E-state index is 13.7. The van der Waals surface area contributed by atoms with Crippen LogP contribution in [0, 0.1) is 13.8 Å². The van der Waals surface area contributed by atoms with Crippen LogP contribution in [0.4, 0.5) is 5.69 Å². The summed E-state index contributed by atoms with van der Waals surface area (Å²) in [6.07, 6.45) is 0. The SMILES string of the molecule is Cc1ccc([C@]2(C)C(=O)N(C)c3ccccc3-c3cc(C)ccc32)cc1. The quantitative estimate of drug-likeness (QED) is 0.592. The topological polar surface area (TPSA) is 20.3 Å². The number of carbonyl (C=O) groups is 1. The minimum Gasteiger partial charge on any atom is -0.314 e. The van der Waals surface area contributed by atoms with Gasteiger partial charge in [0.15, 0.2) is 0 Å². The molecule has 0 fully saturated rings. The van der Waals surface area contributed by atoms with Crippen LogP contribution in [-0.2, 0) is 10.2 Å². The highest BCUT2D eigenvalue weighted by atomic mass is 16.2. The average molecular weight is 341 g/mol. The molecule has 0 aliphatic carbocycles. The summed E-state index contributed by atoms with van der Waals surface area (Å²) >= 11 is 0. The number of hydrogen-bond donors (Lipinski definition) is 0. The van der Waals surface area contributed by atoms with Crippen LogP contribution >= 0.6 is 0 Å². The number of para-hydroxylation sites is 1. The van der Waals surface area contributed by atoms with Gasteiger partial charge < -0.3 is 4.90 Å². The van der Waals surface area contributed by atoms with Crippen LogP contribution < -0.4 is 4.90 Å². The predicted octanol–water partition coefficient (Wildman–Crippen LogP) is 5.25. The zero-order valence-electron chi connectivity index (χ0n) is 15.7. The zero-order valence-corrected chi connectivity index (χ0v) is 15.7. The molecule has 2 heteroatoms. The van der Waals surface area contributed by atoms with E-state index in [0.717, 1.165) is 27.9 Å². The van der Waals surface area contributed by atoms with E-state index in [1.165, 1.54) is 11.1 Å². The number of benzene rings is 3. The van der Waals surface area contributed by atoms with E-state index in [9.17, 15) is 4.79 Å². The number of fused-ring (bicyclic) bond motifs is 3. The molecule has 0 radical (unpaired) electrons. The van der Waals surface area contributed by atoms with Crippen LogP contribution in [0.15, 0.2) is 66.7 Å². The van der Waals surface area contributed by atoms with E-state index in [2.05, 4.69) is 69.3 Å². The summed E-state index contributed by atoms with van der Waals surface area (Å²) < 4.78 is 0. The second-order valence-corrected chi connectivity index (χ2v) is 7.42. The van der Waals surface area contributed by atoms with E-state index in [1.54, 1.807) is 0 Å². The number of likely N-dealkylation sites (N-methyl/N-ethyl adjacent to an activating group) is 1. The molecule has 0 saturated carbocycles. The molecule has 1 heterocycles. The molecule has 0 unspecified atom stereocenters. The molecule has 1 atom stereocenters. The Morgan fingerprint density at radius 3 is 2.19 bits per heavy atom. The highest BCUT2D eigenvalue weighted by Crippen LogP contribution is 2.46. The van der Waals surface area contributed by atoms with Crippen molar-refractivity contribution in [3.05, 3.63) is 89.0 Å². The number of hydrogen-bond acceptors (Lipinski definition) is 1. The number of aryl methyl sites for hydroxylation is 2. The molecule has 130 valence electrons. The first-order valence-corrected chi connectivity index (χ1v) is 8.99. The Morgan fingerprint density at radius 1 is 0.808 bits per heavy atom. The van der Waals surface area contributed by atoms with Crippen LogP contribution in [0.5, 0.6) is 0 Å². The number of nitrogens with zero attached hydrogens (tertiary/aromatic N) is 1. The van der Waals surface area contributed by atoms with Crippen LogP contribution in [0.3, 0.4) is 0 Å². The van der Waals surface area contributed by atoms with Gasteiger partial charge in [0.1, 0.15) is 0 Å². The van der Waals surface area contributed by atoms with Gasteiger partial charge in [0.25, 0.3) is 0 Å². The molecule has 1 aliphatic rings. The van der Waals surface area contributed by atoms with Gasteiger partial charge in [-0.3, -0.25) is 4.79 Å². The Labute approximate surface area is 155 Å². The molecule has 0 N–H and O–H groups in total. The van der Waals surface area contributed by atoms with Gasteiger partial charge in [0.05, 0.1) is 11.1 Å². The van der Waals surface area contributed by atoms with Crippen LogP contribution in [0.25, 0.3) is 11.1 Å². The summed E-state index contributed by atoms with van der Waals surface area (Å²) in [5.41, 5.74) is 6.96. The fourth-order valence-electron chi connectivity index (χ4n) is 4.04. The molecule has 0 aromatic heterocycles. The first kappa shape index (κ1) is 16.6. The predicted molar refractivity (Wildman–Crippen MR) is 108 cm³/mol.